The molecule has 4 unspecified atom stereocenters. The minimum absolute atomic E-state index is 0.0564. The number of carbonyl (C=O) groups excluding carboxylic acids is 2. The summed E-state index contributed by atoms with van der Waals surface area (Å²) in [4.78, 5) is 37.6. The molecule has 170 valence electrons. The number of aryl methyl sites for hydroxylation is 1. The molecular weight excluding hydrogens is 434 g/mol. The average Bonchev–Trinajstić information content (AvgIpc) is 3.58. The zero-order valence-electron chi connectivity index (χ0n) is 19.3. The largest absolute Gasteiger partial charge is 0.274 e. The molecule has 4 aromatic rings. The Morgan fingerprint density at radius 1 is 0.771 bits per heavy atom. The molecule has 1 saturated carbocycles. The molecule has 0 radical (unpaired) electrons. The fraction of sp³-hybridized carbons (Fsp3) is 0.200. The molecule has 5 nitrogen and oxygen atoms in total. The minimum Gasteiger partial charge on any atom is -0.274 e. The third-order valence-corrected chi connectivity index (χ3v) is 7.75. The number of benzene rings is 3. The van der Waals surface area contributed by atoms with E-state index in [4.69, 9.17) is 9.97 Å². The van der Waals surface area contributed by atoms with Gasteiger partial charge in [0.25, 0.3) is 0 Å². The molecule has 3 aromatic carbocycles. The van der Waals surface area contributed by atoms with E-state index in [2.05, 4.69) is 31.2 Å². The fourth-order valence-corrected chi connectivity index (χ4v) is 6.10. The number of nitrogens with zero attached hydrogens (tertiary/aromatic N) is 3. The van der Waals surface area contributed by atoms with Gasteiger partial charge in [0.05, 0.1) is 28.7 Å². The van der Waals surface area contributed by atoms with Gasteiger partial charge in [0.15, 0.2) is 5.82 Å². The lowest BCUT2D eigenvalue weighted by Gasteiger charge is -2.18. The number of amides is 2. The zero-order chi connectivity index (χ0) is 23.7. The van der Waals surface area contributed by atoms with Crippen LogP contribution in [-0.2, 0) is 9.59 Å². The molecule has 2 bridgehead atoms. The van der Waals surface area contributed by atoms with Crippen LogP contribution in [-0.4, -0.2) is 21.8 Å². The number of hydrogen-bond donors (Lipinski definition) is 0. The van der Waals surface area contributed by atoms with Gasteiger partial charge >= 0.3 is 0 Å². The predicted molar refractivity (Wildman–Crippen MR) is 135 cm³/mol. The minimum atomic E-state index is -0.195. The molecule has 0 N–H and O–H groups in total. The number of allylic oxidation sites excluding steroid dienone is 2. The summed E-state index contributed by atoms with van der Waals surface area (Å²) in [6.45, 7) is 2.06. The highest BCUT2D eigenvalue weighted by atomic mass is 16.2. The van der Waals surface area contributed by atoms with E-state index in [1.165, 1.54) is 4.90 Å². The van der Waals surface area contributed by atoms with Crippen molar-refractivity contribution in [1.82, 2.24) is 9.97 Å². The molecule has 1 aliphatic heterocycles. The van der Waals surface area contributed by atoms with Crippen molar-refractivity contribution in [2.24, 2.45) is 23.7 Å². The Bertz CT molecular complexity index is 1510. The van der Waals surface area contributed by atoms with Gasteiger partial charge in [0.2, 0.25) is 11.8 Å². The van der Waals surface area contributed by atoms with Gasteiger partial charge in [-0.1, -0.05) is 66.2 Å². The van der Waals surface area contributed by atoms with Crippen LogP contribution in [0, 0.1) is 30.6 Å². The van der Waals surface area contributed by atoms with Crippen molar-refractivity contribution >= 4 is 28.4 Å². The second-order valence-corrected chi connectivity index (χ2v) is 9.84. The van der Waals surface area contributed by atoms with E-state index in [-0.39, 0.29) is 35.5 Å². The van der Waals surface area contributed by atoms with Gasteiger partial charge in [-0.25, -0.2) is 9.97 Å². The summed E-state index contributed by atoms with van der Waals surface area (Å²) in [6.07, 6.45) is 5.18. The number of aromatic nitrogens is 2. The first-order chi connectivity index (χ1) is 17.1. The Labute approximate surface area is 203 Å². The summed E-state index contributed by atoms with van der Waals surface area (Å²) in [5, 5.41) is 0.975. The van der Waals surface area contributed by atoms with E-state index < -0.39 is 0 Å². The Balaban J connectivity index is 1.30. The second-order valence-electron chi connectivity index (χ2n) is 9.84. The van der Waals surface area contributed by atoms with E-state index in [9.17, 15) is 9.59 Å². The van der Waals surface area contributed by atoms with E-state index in [0.717, 1.165) is 39.7 Å². The van der Waals surface area contributed by atoms with Gasteiger partial charge in [0.1, 0.15) is 0 Å². The van der Waals surface area contributed by atoms with E-state index >= 15 is 0 Å². The van der Waals surface area contributed by atoms with Gasteiger partial charge in [-0.05, 0) is 49.4 Å². The van der Waals surface area contributed by atoms with Crippen LogP contribution < -0.4 is 4.90 Å². The molecule has 2 heterocycles. The topological polar surface area (TPSA) is 63.2 Å². The summed E-state index contributed by atoms with van der Waals surface area (Å²) in [5.74, 6) is 0.578. The molecule has 1 saturated heterocycles. The Morgan fingerprint density at radius 3 is 2.14 bits per heavy atom. The molecular formula is C30H23N3O2. The third-order valence-electron chi connectivity index (χ3n) is 7.75. The number of hydrogen-bond acceptors (Lipinski definition) is 4. The quantitative estimate of drug-likeness (QED) is 0.297. The number of fused-ring (bicyclic) bond motifs is 6. The van der Waals surface area contributed by atoms with Crippen LogP contribution in [0.25, 0.3) is 33.5 Å². The number of rotatable bonds is 3. The van der Waals surface area contributed by atoms with Crippen LogP contribution in [0.1, 0.15) is 12.0 Å². The van der Waals surface area contributed by atoms with Crippen molar-refractivity contribution in [3.8, 4) is 22.6 Å². The van der Waals surface area contributed by atoms with E-state index in [0.29, 0.717) is 11.5 Å². The molecule has 2 aliphatic carbocycles. The monoisotopic (exact) mass is 457 g/mol. The lowest BCUT2D eigenvalue weighted by molar-refractivity contribution is -0.123. The summed E-state index contributed by atoms with van der Waals surface area (Å²) in [7, 11) is 0. The van der Waals surface area contributed by atoms with Gasteiger partial charge < -0.3 is 0 Å². The zero-order valence-corrected chi connectivity index (χ0v) is 19.3. The molecule has 2 amide bonds. The molecule has 7 rings (SSSR count). The molecule has 3 aliphatic rings. The third kappa shape index (κ3) is 3.01. The molecule has 5 heteroatoms. The lowest BCUT2D eigenvalue weighted by Crippen LogP contribution is -2.32. The van der Waals surface area contributed by atoms with Crippen LogP contribution in [0.15, 0.2) is 84.9 Å². The first-order valence-corrected chi connectivity index (χ1v) is 12.1. The number of imide groups is 1. The SMILES string of the molecule is Cc1ccc2nc(-c3ccccc3)nc(-c3ccc(N4C(=O)C5C6C=CC(C6)C5C4=O)cc3)c2c1. The van der Waals surface area contributed by atoms with Crippen molar-refractivity contribution in [3.63, 3.8) is 0 Å². The maximum absolute atomic E-state index is 13.2. The van der Waals surface area contributed by atoms with Crippen LogP contribution in [0.2, 0.25) is 0 Å². The maximum atomic E-state index is 13.2. The normalized spacial score (nSPS) is 24.5. The smallest absolute Gasteiger partial charge is 0.238 e. The fourth-order valence-electron chi connectivity index (χ4n) is 6.10. The van der Waals surface area contributed by atoms with Crippen molar-refractivity contribution in [2.45, 2.75) is 13.3 Å². The van der Waals surface area contributed by atoms with Gasteiger partial charge in [-0.3, -0.25) is 14.5 Å². The molecule has 4 atom stereocenters. The van der Waals surface area contributed by atoms with E-state index in [1.54, 1.807) is 0 Å². The van der Waals surface area contributed by atoms with Gasteiger partial charge in [-0.2, -0.15) is 0 Å². The summed E-state index contributed by atoms with van der Waals surface area (Å²) < 4.78 is 0. The highest BCUT2D eigenvalue weighted by molar-refractivity contribution is 6.22. The Hall–Kier alpha value is -4.12. The van der Waals surface area contributed by atoms with Crippen molar-refractivity contribution in [2.75, 3.05) is 4.90 Å². The Morgan fingerprint density at radius 2 is 1.46 bits per heavy atom. The summed E-state index contributed by atoms with van der Waals surface area (Å²) in [6, 6.07) is 23.8. The molecule has 35 heavy (non-hydrogen) atoms. The van der Waals surface area contributed by atoms with Crippen LogP contribution in [0.5, 0.6) is 0 Å². The Kier molecular flexibility index (Phi) is 4.31. The van der Waals surface area contributed by atoms with Crippen molar-refractivity contribution < 1.29 is 9.59 Å². The number of carbonyl (C=O) groups is 2. The standard InChI is InChI=1S/C30H23N3O2/c1-17-7-14-24-23(15-17)27(32-28(31-24)19-5-3-2-4-6-19)18-10-12-22(13-11-18)33-29(34)25-20-8-9-21(16-20)26(25)30(33)35/h2-15,20-21,25-26H,16H2,1H3. The van der Waals surface area contributed by atoms with Crippen LogP contribution in [0.3, 0.4) is 0 Å². The number of anilines is 1. The van der Waals surface area contributed by atoms with Crippen LogP contribution in [0.4, 0.5) is 5.69 Å². The maximum Gasteiger partial charge on any atom is 0.238 e. The average molecular weight is 458 g/mol. The summed E-state index contributed by atoms with van der Waals surface area (Å²) in [5.41, 5.74) is 5.36. The molecule has 1 aromatic heterocycles. The van der Waals surface area contributed by atoms with Crippen molar-refractivity contribution in [1.29, 1.82) is 0 Å². The highest BCUT2D eigenvalue weighted by Gasteiger charge is 2.59. The second kappa shape index (κ2) is 7.44. The summed E-state index contributed by atoms with van der Waals surface area (Å²) >= 11 is 0. The lowest BCUT2D eigenvalue weighted by atomic mass is 9.85. The van der Waals surface area contributed by atoms with Crippen molar-refractivity contribution in [3.05, 3.63) is 90.5 Å². The highest BCUT2D eigenvalue weighted by Crippen LogP contribution is 2.53. The van der Waals surface area contributed by atoms with E-state index in [1.807, 2.05) is 60.7 Å². The van der Waals surface area contributed by atoms with Crippen LogP contribution >= 0.6 is 0 Å². The predicted octanol–water partition coefficient (Wildman–Crippen LogP) is 5.58. The first-order valence-electron chi connectivity index (χ1n) is 12.1. The van der Waals surface area contributed by atoms with Gasteiger partial charge in [-0.15, -0.1) is 0 Å². The van der Waals surface area contributed by atoms with Gasteiger partial charge in [0, 0.05) is 16.5 Å². The first kappa shape index (κ1) is 20.3. The molecule has 2 fully saturated rings. The molecule has 0 spiro atoms.